The maximum atomic E-state index is 12.3. The summed E-state index contributed by atoms with van der Waals surface area (Å²) >= 11 is 0. The van der Waals surface area contributed by atoms with Crippen molar-refractivity contribution in [3.05, 3.63) is 36.7 Å². The van der Waals surface area contributed by atoms with Gasteiger partial charge in [-0.25, -0.2) is 14.5 Å². The molecule has 0 unspecified atom stereocenters. The average molecular weight is 306 g/mol. The zero-order valence-corrected chi connectivity index (χ0v) is 12.4. The molecule has 0 aromatic carbocycles. The van der Waals surface area contributed by atoms with Crippen LogP contribution < -0.4 is 4.72 Å². The van der Waals surface area contributed by atoms with Crippen molar-refractivity contribution in [1.82, 2.24) is 24.1 Å². The summed E-state index contributed by atoms with van der Waals surface area (Å²) in [6, 6.07) is 1.73. The Hall–Kier alpha value is -2.42. The normalized spacial score (nSPS) is 11.9. The van der Waals surface area contributed by atoms with Gasteiger partial charge >= 0.3 is 0 Å². The van der Waals surface area contributed by atoms with Gasteiger partial charge < -0.3 is 4.57 Å². The number of anilines is 1. The van der Waals surface area contributed by atoms with E-state index in [1.165, 1.54) is 16.9 Å². The number of rotatable bonds is 4. The number of nitrogens with zero attached hydrogens (tertiary/aromatic N) is 5. The Balaban J connectivity index is 1.94. The third-order valence-corrected chi connectivity index (χ3v) is 4.32. The number of hydrogen-bond donors (Lipinski definition) is 1. The summed E-state index contributed by atoms with van der Waals surface area (Å²) in [4.78, 5) is 8.18. The number of aromatic nitrogens is 5. The summed E-state index contributed by atoms with van der Waals surface area (Å²) in [6.45, 7) is 4.35. The molecular weight excluding hydrogens is 292 g/mol. The molecule has 0 amide bonds. The van der Waals surface area contributed by atoms with Crippen LogP contribution in [0.2, 0.25) is 0 Å². The average Bonchev–Trinajstić information content (AvgIpc) is 3.04. The maximum absolute atomic E-state index is 12.3. The topological polar surface area (TPSA) is 94.2 Å². The highest BCUT2D eigenvalue weighted by atomic mass is 32.2. The van der Waals surface area contributed by atoms with E-state index >= 15 is 0 Å². The second-order valence-electron chi connectivity index (χ2n) is 4.49. The predicted molar refractivity (Wildman–Crippen MR) is 76.4 cm³/mol. The molecule has 0 saturated heterocycles. The molecule has 3 aromatic heterocycles. The minimum atomic E-state index is -3.74. The van der Waals surface area contributed by atoms with Gasteiger partial charge in [-0.1, -0.05) is 0 Å². The first-order valence-electron chi connectivity index (χ1n) is 6.35. The molecule has 21 heavy (non-hydrogen) atoms. The van der Waals surface area contributed by atoms with Gasteiger partial charge in [0.2, 0.25) is 0 Å². The Morgan fingerprint density at radius 3 is 2.86 bits per heavy atom. The molecule has 3 heterocycles. The number of imidazole rings is 1. The second-order valence-corrected chi connectivity index (χ2v) is 6.12. The van der Waals surface area contributed by atoms with Gasteiger partial charge in [-0.05, 0) is 13.8 Å². The Morgan fingerprint density at radius 1 is 1.33 bits per heavy atom. The minimum absolute atomic E-state index is 0.0117. The molecule has 9 heteroatoms. The molecule has 0 radical (unpaired) electrons. The lowest BCUT2D eigenvalue weighted by atomic mass is 10.5. The standard InChI is InChI=1S/C12H14N6O2S/c1-3-17-8-12(15-9(17)2)21(19,20)16-10-6-13-11-4-5-14-18(11)7-10/h4-8,16H,3H2,1-2H3. The van der Waals surface area contributed by atoms with Gasteiger partial charge in [-0.2, -0.15) is 13.5 Å². The van der Waals surface area contributed by atoms with Gasteiger partial charge in [0.05, 0.1) is 24.3 Å². The van der Waals surface area contributed by atoms with Gasteiger partial charge in [0.25, 0.3) is 10.0 Å². The van der Waals surface area contributed by atoms with Crippen LogP contribution in [-0.4, -0.2) is 32.6 Å². The zero-order chi connectivity index (χ0) is 15.0. The van der Waals surface area contributed by atoms with Crippen LogP contribution in [0.4, 0.5) is 5.69 Å². The van der Waals surface area contributed by atoms with E-state index in [2.05, 4.69) is 19.8 Å². The Labute approximate surface area is 121 Å². The first kappa shape index (κ1) is 13.6. The van der Waals surface area contributed by atoms with E-state index < -0.39 is 10.0 Å². The number of aryl methyl sites for hydroxylation is 2. The van der Waals surface area contributed by atoms with Crippen LogP contribution in [0, 0.1) is 6.92 Å². The number of sulfonamides is 1. The predicted octanol–water partition coefficient (Wildman–Crippen LogP) is 1.05. The molecule has 8 nitrogen and oxygen atoms in total. The SMILES string of the molecule is CCn1cc(S(=O)(=O)Nc2cnc3ccnn3c2)nc1C. The van der Waals surface area contributed by atoms with E-state index in [0.717, 1.165) is 0 Å². The number of nitrogens with one attached hydrogen (secondary N) is 1. The first-order valence-corrected chi connectivity index (χ1v) is 7.84. The van der Waals surface area contributed by atoms with Crippen molar-refractivity contribution in [2.75, 3.05) is 4.72 Å². The second kappa shape index (κ2) is 4.85. The van der Waals surface area contributed by atoms with Crippen molar-refractivity contribution in [3.63, 3.8) is 0 Å². The zero-order valence-electron chi connectivity index (χ0n) is 11.6. The molecule has 0 fully saturated rings. The molecule has 0 aliphatic carbocycles. The first-order chi connectivity index (χ1) is 9.99. The van der Waals surface area contributed by atoms with Crippen molar-refractivity contribution < 1.29 is 8.42 Å². The fraction of sp³-hybridized carbons (Fsp3) is 0.250. The van der Waals surface area contributed by atoms with Gasteiger partial charge in [-0.15, -0.1) is 0 Å². The lowest BCUT2D eigenvalue weighted by Crippen LogP contribution is -2.14. The van der Waals surface area contributed by atoms with Crippen LogP contribution in [0.5, 0.6) is 0 Å². The monoisotopic (exact) mass is 306 g/mol. The van der Waals surface area contributed by atoms with Crippen LogP contribution in [0.3, 0.4) is 0 Å². The summed E-state index contributed by atoms with van der Waals surface area (Å²) in [5, 5.41) is 4.00. The van der Waals surface area contributed by atoms with Gasteiger partial charge in [0.15, 0.2) is 10.7 Å². The van der Waals surface area contributed by atoms with Crippen LogP contribution in [0.25, 0.3) is 5.65 Å². The molecule has 0 bridgehead atoms. The van der Waals surface area contributed by atoms with E-state index in [1.807, 2.05) is 6.92 Å². The Morgan fingerprint density at radius 2 is 2.14 bits per heavy atom. The fourth-order valence-corrected chi connectivity index (χ4v) is 3.04. The molecular formula is C12H14N6O2S. The van der Waals surface area contributed by atoms with Crippen molar-refractivity contribution in [3.8, 4) is 0 Å². The van der Waals surface area contributed by atoms with Crippen LogP contribution in [0.15, 0.2) is 35.9 Å². The summed E-state index contributed by atoms with van der Waals surface area (Å²) in [5.74, 6) is 0.651. The molecule has 0 saturated carbocycles. The van der Waals surface area contributed by atoms with Crippen molar-refractivity contribution in [2.45, 2.75) is 25.4 Å². The Bertz CT molecular complexity index is 896. The van der Waals surface area contributed by atoms with E-state index in [-0.39, 0.29) is 5.03 Å². The van der Waals surface area contributed by atoms with E-state index in [4.69, 9.17) is 0 Å². The summed E-state index contributed by atoms with van der Waals surface area (Å²) in [5.41, 5.74) is 0.971. The van der Waals surface area contributed by atoms with Gasteiger partial charge in [0.1, 0.15) is 5.82 Å². The molecule has 0 atom stereocenters. The number of fused-ring (bicyclic) bond motifs is 1. The van der Waals surface area contributed by atoms with Gasteiger partial charge in [-0.3, -0.25) is 4.72 Å². The molecule has 0 aliphatic rings. The highest BCUT2D eigenvalue weighted by Gasteiger charge is 2.19. The largest absolute Gasteiger partial charge is 0.334 e. The number of hydrogen-bond acceptors (Lipinski definition) is 5. The highest BCUT2D eigenvalue weighted by Crippen LogP contribution is 2.15. The van der Waals surface area contributed by atoms with Crippen LogP contribution in [-0.2, 0) is 16.6 Å². The van der Waals surface area contributed by atoms with Crippen molar-refractivity contribution >= 4 is 21.4 Å². The van der Waals surface area contributed by atoms with Gasteiger partial charge in [0, 0.05) is 18.8 Å². The van der Waals surface area contributed by atoms with E-state index in [1.54, 1.807) is 30.0 Å². The summed E-state index contributed by atoms with van der Waals surface area (Å²) in [6.07, 6.45) is 6.10. The minimum Gasteiger partial charge on any atom is -0.334 e. The van der Waals surface area contributed by atoms with Crippen molar-refractivity contribution in [2.24, 2.45) is 0 Å². The molecule has 3 aromatic rings. The molecule has 0 spiro atoms. The Kier molecular flexibility index (Phi) is 3.13. The third kappa shape index (κ3) is 2.47. The molecule has 0 aliphatic heterocycles. The lowest BCUT2D eigenvalue weighted by molar-refractivity contribution is 0.598. The van der Waals surface area contributed by atoms with Crippen LogP contribution >= 0.6 is 0 Å². The molecule has 1 N–H and O–H groups in total. The summed E-state index contributed by atoms with van der Waals surface area (Å²) in [7, 11) is -3.74. The maximum Gasteiger partial charge on any atom is 0.281 e. The van der Waals surface area contributed by atoms with E-state index in [0.29, 0.717) is 23.7 Å². The van der Waals surface area contributed by atoms with E-state index in [9.17, 15) is 8.42 Å². The molecule has 3 rings (SSSR count). The summed E-state index contributed by atoms with van der Waals surface area (Å²) < 4.78 is 30.3. The molecule has 110 valence electrons. The fourth-order valence-electron chi connectivity index (χ4n) is 2.00. The van der Waals surface area contributed by atoms with Crippen LogP contribution in [0.1, 0.15) is 12.7 Å². The highest BCUT2D eigenvalue weighted by molar-refractivity contribution is 7.92. The smallest absolute Gasteiger partial charge is 0.281 e. The third-order valence-electron chi connectivity index (χ3n) is 3.07. The van der Waals surface area contributed by atoms with Crippen molar-refractivity contribution in [1.29, 1.82) is 0 Å². The quantitative estimate of drug-likeness (QED) is 0.777. The lowest BCUT2D eigenvalue weighted by Gasteiger charge is -2.05.